The van der Waals surface area contributed by atoms with Crippen molar-refractivity contribution in [2.24, 2.45) is 0 Å². The molecule has 3 amide bonds. The molecule has 0 spiro atoms. The van der Waals surface area contributed by atoms with Crippen molar-refractivity contribution in [2.45, 2.75) is 38.5 Å². The van der Waals surface area contributed by atoms with Gasteiger partial charge in [-0.05, 0) is 37.8 Å². The molecule has 0 aromatic carbocycles. The first-order valence-electron chi connectivity index (χ1n) is 7.11. The largest absolute Gasteiger partial charge is 0.444 e. The van der Waals surface area contributed by atoms with Gasteiger partial charge >= 0.3 is 12.1 Å². The molecule has 22 heavy (non-hydrogen) atoms. The maximum absolute atomic E-state index is 12.1. The molecule has 1 fully saturated rings. The van der Waals surface area contributed by atoms with Crippen LogP contribution in [-0.2, 0) is 4.74 Å². The molecule has 120 valence electrons. The Labute approximate surface area is 132 Å². The van der Waals surface area contributed by atoms with Crippen LogP contribution in [0.2, 0.25) is 0 Å². The highest BCUT2D eigenvalue weighted by Crippen LogP contribution is 2.44. The molecule has 0 radical (unpaired) electrons. The van der Waals surface area contributed by atoms with E-state index in [1.807, 2.05) is 11.4 Å². The summed E-state index contributed by atoms with van der Waals surface area (Å²) >= 11 is 1.53. The summed E-state index contributed by atoms with van der Waals surface area (Å²) in [4.78, 5) is 26.5. The van der Waals surface area contributed by atoms with Gasteiger partial charge in [0.2, 0.25) is 0 Å². The summed E-state index contributed by atoms with van der Waals surface area (Å²) in [7, 11) is 0. The summed E-state index contributed by atoms with van der Waals surface area (Å²) in [5.41, 5.74) is 0.381. The molecule has 2 aliphatic heterocycles. The van der Waals surface area contributed by atoms with Gasteiger partial charge in [0.25, 0.3) is 0 Å². The number of urea groups is 1. The second-order valence-electron chi connectivity index (χ2n) is 6.43. The zero-order valence-electron chi connectivity index (χ0n) is 12.7. The molecule has 0 saturated carbocycles. The minimum atomic E-state index is -0.568. The van der Waals surface area contributed by atoms with E-state index < -0.39 is 17.7 Å². The van der Waals surface area contributed by atoms with E-state index >= 15 is 0 Å². The van der Waals surface area contributed by atoms with Crippen molar-refractivity contribution >= 4 is 23.5 Å². The fraction of sp³-hybridized carbons (Fsp3) is 0.571. The summed E-state index contributed by atoms with van der Waals surface area (Å²) in [6.45, 7) is 6.07. The Kier molecular flexibility index (Phi) is 3.53. The minimum absolute atomic E-state index is 0.259. The minimum Gasteiger partial charge on any atom is -0.444 e. The van der Waals surface area contributed by atoms with Crippen LogP contribution in [0.15, 0.2) is 11.4 Å². The second kappa shape index (κ2) is 5.13. The number of amides is 3. The van der Waals surface area contributed by atoms with E-state index in [-0.39, 0.29) is 18.6 Å². The van der Waals surface area contributed by atoms with Crippen molar-refractivity contribution in [1.29, 1.82) is 0 Å². The van der Waals surface area contributed by atoms with Crippen LogP contribution in [0.1, 0.15) is 43.3 Å². The third kappa shape index (κ3) is 2.52. The van der Waals surface area contributed by atoms with Gasteiger partial charge in [-0.25, -0.2) is 9.59 Å². The van der Waals surface area contributed by atoms with Crippen LogP contribution in [0.4, 0.5) is 9.59 Å². The third-order valence-corrected chi connectivity index (χ3v) is 4.74. The molecule has 2 unspecified atom stereocenters. The van der Waals surface area contributed by atoms with E-state index in [2.05, 4.69) is 5.32 Å². The van der Waals surface area contributed by atoms with Gasteiger partial charge in [-0.2, -0.15) is 5.06 Å². The SMILES string of the molecule is CC(C)(C)OC(=O)NCC1c2sccc2C2CN1C(=O)N2O. The highest BCUT2D eigenvalue weighted by atomic mass is 32.1. The smallest absolute Gasteiger partial charge is 0.407 e. The van der Waals surface area contributed by atoms with Crippen molar-refractivity contribution in [2.75, 3.05) is 13.1 Å². The lowest BCUT2D eigenvalue weighted by Crippen LogP contribution is -2.42. The van der Waals surface area contributed by atoms with Gasteiger partial charge in [0.1, 0.15) is 11.6 Å². The van der Waals surface area contributed by atoms with Crippen LogP contribution in [0, 0.1) is 0 Å². The second-order valence-corrected chi connectivity index (χ2v) is 7.38. The molecule has 0 aliphatic carbocycles. The number of fused-ring (bicyclic) bond motifs is 4. The average molecular weight is 325 g/mol. The Morgan fingerprint density at radius 2 is 2.27 bits per heavy atom. The quantitative estimate of drug-likeness (QED) is 0.819. The molecule has 2 bridgehead atoms. The highest BCUT2D eigenvalue weighted by Gasteiger charge is 2.48. The number of hydroxylamine groups is 2. The zero-order chi connectivity index (χ0) is 16.1. The van der Waals surface area contributed by atoms with Gasteiger partial charge in [-0.3, -0.25) is 5.21 Å². The van der Waals surface area contributed by atoms with Crippen LogP contribution < -0.4 is 5.32 Å². The van der Waals surface area contributed by atoms with E-state index in [1.54, 1.807) is 25.7 Å². The topological polar surface area (TPSA) is 82.1 Å². The first kappa shape index (κ1) is 15.1. The molecule has 1 aromatic heterocycles. The van der Waals surface area contributed by atoms with Gasteiger partial charge in [-0.1, -0.05) is 0 Å². The maximum Gasteiger partial charge on any atom is 0.407 e. The lowest BCUT2D eigenvalue weighted by atomic mass is 10.00. The predicted molar refractivity (Wildman–Crippen MR) is 79.8 cm³/mol. The number of carbonyl (C=O) groups is 2. The Balaban J connectivity index is 1.75. The van der Waals surface area contributed by atoms with Gasteiger partial charge in [-0.15, -0.1) is 11.3 Å². The maximum atomic E-state index is 12.1. The normalized spacial score (nSPS) is 23.5. The number of hydrogen-bond donors (Lipinski definition) is 2. The zero-order valence-corrected chi connectivity index (χ0v) is 13.5. The van der Waals surface area contributed by atoms with E-state index in [0.717, 1.165) is 15.5 Å². The number of nitrogens with zero attached hydrogens (tertiary/aromatic N) is 2. The molecule has 2 atom stereocenters. The number of nitrogens with one attached hydrogen (secondary N) is 1. The van der Waals surface area contributed by atoms with Crippen LogP contribution in [0.5, 0.6) is 0 Å². The third-order valence-electron chi connectivity index (χ3n) is 3.71. The van der Waals surface area contributed by atoms with Gasteiger partial charge < -0.3 is 15.0 Å². The number of carbonyl (C=O) groups excluding carboxylic acids is 2. The van der Waals surface area contributed by atoms with Crippen molar-refractivity contribution in [3.63, 3.8) is 0 Å². The first-order valence-corrected chi connectivity index (χ1v) is 7.99. The Bertz CT molecular complexity index is 609. The molecule has 1 aromatic rings. The molecular weight excluding hydrogens is 306 g/mol. The standard InChI is InChI=1S/C14H19N3O4S/c1-14(2,3)21-12(18)15-6-9-11-8(4-5-22-11)10-7-16(9)13(19)17(10)20/h4-5,9-10,20H,6-7H2,1-3H3,(H,15,18). The number of thiophene rings is 1. The van der Waals surface area contributed by atoms with Gasteiger partial charge in [0.05, 0.1) is 12.6 Å². The Morgan fingerprint density at radius 3 is 2.95 bits per heavy atom. The van der Waals surface area contributed by atoms with E-state index in [1.165, 1.54) is 11.3 Å². The molecule has 1 saturated heterocycles. The number of alkyl carbamates (subject to hydrolysis) is 1. The molecule has 2 aliphatic rings. The number of ether oxygens (including phenoxy) is 1. The summed E-state index contributed by atoms with van der Waals surface area (Å²) in [5.74, 6) is 0. The van der Waals surface area contributed by atoms with Gasteiger partial charge in [0.15, 0.2) is 0 Å². The summed E-state index contributed by atoms with van der Waals surface area (Å²) in [6.07, 6.45) is -0.514. The Morgan fingerprint density at radius 1 is 1.55 bits per heavy atom. The fourth-order valence-electron chi connectivity index (χ4n) is 2.81. The van der Waals surface area contributed by atoms with Crippen LogP contribution in [0.3, 0.4) is 0 Å². The lowest BCUT2D eigenvalue weighted by molar-refractivity contribution is -0.0586. The molecule has 8 heteroatoms. The summed E-state index contributed by atoms with van der Waals surface area (Å²) in [5, 5.41) is 15.3. The molecule has 7 nitrogen and oxygen atoms in total. The van der Waals surface area contributed by atoms with Crippen molar-refractivity contribution in [1.82, 2.24) is 15.3 Å². The van der Waals surface area contributed by atoms with Crippen molar-refractivity contribution in [3.05, 3.63) is 21.9 Å². The lowest BCUT2D eigenvalue weighted by Gasteiger charge is -2.31. The summed E-state index contributed by atoms with van der Waals surface area (Å²) in [6, 6.07) is 0.906. The number of rotatable bonds is 2. The molecule has 3 heterocycles. The fourth-order valence-corrected chi connectivity index (χ4v) is 3.88. The van der Waals surface area contributed by atoms with Crippen LogP contribution in [-0.4, -0.2) is 46.0 Å². The molecule has 2 N–H and O–H groups in total. The first-order chi connectivity index (χ1) is 10.3. The molecular formula is C14H19N3O4S. The molecule has 3 rings (SSSR count). The predicted octanol–water partition coefficient (Wildman–Crippen LogP) is 2.50. The van der Waals surface area contributed by atoms with Crippen LogP contribution >= 0.6 is 11.3 Å². The van der Waals surface area contributed by atoms with E-state index in [0.29, 0.717) is 6.54 Å². The van der Waals surface area contributed by atoms with Crippen molar-refractivity contribution in [3.8, 4) is 0 Å². The summed E-state index contributed by atoms with van der Waals surface area (Å²) < 4.78 is 5.22. The monoisotopic (exact) mass is 325 g/mol. The van der Waals surface area contributed by atoms with Gasteiger partial charge in [0, 0.05) is 11.4 Å². The van der Waals surface area contributed by atoms with E-state index in [9.17, 15) is 14.8 Å². The average Bonchev–Trinajstić information content (AvgIpc) is 2.97. The van der Waals surface area contributed by atoms with Crippen LogP contribution in [0.25, 0.3) is 0 Å². The highest BCUT2D eigenvalue weighted by molar-refractivity contribution is 7.10. The van der Waals surface area contributed by atoms with Crippen molar-refractivity contribution < 1.29 is 19.5 Å². The number of hydrogen-bond acceptors (Lipinski definition) is 5. The Hall–Kier alpha value is -1.80. The van der Waals surface area contributed by atoms with E-state index in [4.69, 9.17) is 4.74 Å².